The summed E-state index contributed by atoms with van der Waals surface area (Å²) in [6.45, 7) is 5.00. The summed E-state index contributed by atoms with van der Waals surface area (Å²) in [6, 6.07) is 7.83. The highest BCUT2D eigenvalue weighted by Gasteiger charge is 2.04. The molecule has 2 heterocycles. The fourth-order valence-corrected chi connectivity index (χ4v) is 3.93. The molecule has 0 saturated heterocycles. The molecule has 138 valence electrons. The molecule has 0 aliphatic rings. The molecule has 0 atom stereocenters. The summed E-state index contributed by atoms with van der Waals surface area (Å²) in [5.74, 6) is 2.06. The molecule has 0 aliphatic carbocycles. The molecule has 0 radical (unpaired) electrons. The molecule has 26 heavy (non-hydrogen) atoms. The number of halogens is 1. The third-order valence-corrected chi connectivity index (χ3v) is 5.49. The van der Waals surface area contributed by atoms with Crippen molar-refractivity contribution in [1.29, 1.82) is 0 Å². The van der Waals surface area contributed by atoms with Gasteiger partial charge in [0.1, 0.15) is 0 Å². The standard InChI is InChI=1S/C19H24ClN5S/c1-14-19(24-13-23-14)12-26-10-9-25(2)8-7-22-17-5-6-21-18-11-15(20)3-4-16(17)18/h3-6,11,13H,7-10,12H2,1-2H3,(H,21,22)(H,23,24). The molecule has 0 bridgehead atoms. The van der Waals surface area contributed by atoms with E-state index in [0.717, 1.165) is 53.4 Å². The molecule has 2 aromatic heterocycles. The number of anilines is 1. The Labute approximate surface area is 163 Å². The summed E-state index contributed by atoms with van der Waals surface area (Å²) in [5.41, 5.74) is 4.34. The van der Waals surface area contributed by atoms with Crippen LogP contribution in [0.1, 0.15) is 11.4 Å². The van der Waals surface area contributed by atoms with Crippen LogP contribution in [0.3, 0.4) is 0 Å². The first kappa shape index (κ1) is 19.0. The van der Waals surface area contributed by atoms with E-state index in [1.54, 1.807) is 6.33 Å². The van der Waals surface area contributed by atoms with Gasteiger partial charge in [-0.2, -0.15) is 11.8 Å². The summed E-state index contributed by atoms with van der Waals surface area (Å²) in [6.07, 6.45) is 3.58. The molecule has 3 aromatic rings. The Hall–Kier alpha value is -1.76. The van der Waals surface area contributed by atoms with Gasteiger partial charge in [-0.15, -0.1) is 0 Å². The minimum Gasteiger partial charge on any atom is -0.383 e. The second-order valence-electron chi connectivity index (χ2n) is 6.28. The molecule has 0 fully saturated rings. The maximum atomic E-state index is 6.04. The average Bonchev–Trinajstić information content (AvgIpc) is 3.03. The maximum Gasteiger partial charge on any atom is 0.0925 e. The van der Waals surface area contributed by atoms with Crippen LogP contribution in [0, 0.1) is 6.92 Å². The van der Waals surface area contributed by atoms with Crippen LogP contribution in [0.2, 0.25) is 5.02 Å². The number of likely N-dealkylation sites (N-methyl/N-ethyl adjacent to an activating group) is 1. The normalized spacial score (nSPS) is 11.4. The van der Waals surface area contributed by atoms with Gasteiger partial charge >= 0.3 is 0 Å². The number of rotatable bonds is 9. The van der Waals surface area contributed by atoms with Crippen molar-refractivity contribution >= 4 is 40.0 Å². The van der Waals surface area contributed by atoms with Crippen molar-refractivity contribution in [3.8, 4) is 0 Å². The molecule has 7 heteroatoms. The lowest BCUT2D eigenvalue weighted by Gasteiger charge is -2.17. The van der Waals surface area contributed by atoms with Crippen LogP contribution in [0.5, 0.6) is 0 Å². The topological polar surface area (TPSA) is 56.8 Å². The molecule has 0 spiro atoms. The molecular formula is C19H24ClN5S. The van der Waals surface area contributed by atoms with Crippen molar-refractivity contribution in [3.63, 3.8) is 0 Å². The van der Waals surface area contributed by atoms with Gasteiger partial charge in [-0.05, 0) is 38.2 Å². The van der Waals surface area contributed by atoms with Crippen molar-refractivity contribution in [2.45, 2.75) is 12.7 Å². The first-order valence-electron chi connectivity index (χ1n) is 8.67. The highest BCUT2D eigenvalue weighted by atomic mass is 35.5. The van der Waals surface area contributed by atoms with Crippen LogP contribution < -0.4 is 5.32 Å². The van der Waals surface area contributed by atoms with Gasteiger partial charge in [0.2, 0.25) is 0 Å². The number of aromatic nitrogens is 3. The van der Waals surface area contributed by atoms with Crippen molar-refractivity contribution in [1.82, 2.24) is 19.9 Å². The van der Waals surface area contributed by atoms with Gasteiger partial charge in [0.05, 0.1) is 17.5 Å². The third-order valence-electron chi connectivity index (χ3n) is 4.30. The fourth-order valence-electron chi connectivity index (χ4n) is 2.69. The Kier molecular flexibility index (Phi) is 6.77. The summed E-state index contributed by atoms with van der Waals surface area (Å²) >= 11 is 7.97. The number of aryl methyl sites for hydroxylation is 1. The summed E-state index contributed by atoms with van der Waals surface area (Å²) in [5, 5.41) is 5.33. The number of hydrogen-bond donors (Lipinski definition) is 2. The second-order valence-corrected chi connectivity index (χ2v) is 7.82. The van der Waals surface area contributed by atoms with E-state index in [0.29, 0.717) is 5.02 Å². The van der Waals surface area contributed by atoms with Gasteiger partial charge in [0.25, 0.3) is 0 Å². The van der Waals surface area contributed by atoms with E-state index >= 15 is 0 Å². The quantitative estimate of drug-likeness (QED) is 0.537. The van der Waals surface area contributed by atoms with E-state index in [1.165, 1.54) is 5.69 Å². The van der Waals surface area contributed by atoms with Gasteiger partial charge in [0.15, 0.2) is 0 Å². The van der Waals surface area contributed by atoms with Crippen LogP contribution in [0.15, 0.2) is 36.8 Å². The Morgan fingerprint density at radius 3 is 2.92 bits per heavy atom. The zero-order valence-electron chi connectivity index (χ0n) is 15.1. The van der Waals surface area contributed by atoms with E-state index in [2.05, 4.69) is 39.1 Å². The van der Waals surface area contributed by atoms with Crippen LogP contribution in [-0.2, 0) is 5.75 Å². The Bertz CT molecular complexity index is 851. The minimum absolute atomic E-state index is 0.712. The predicted molar refractivity (Wildman–Crippen MR) is 112 cm³/mol. The summed E-state index contributed by atoms with van der Waals surface area (Å²) in [4.78, 5) is 14.2. The lowest BCUT2D eigenvalue weighted by Crippen LogP contribution is -2.27. The molecule has 0 aliphatic heterocycles. The number of thioether (sulfide) groups is 1. The molecule has 0 saturated carbocycles. The zero-order chi connectivity index (χ0) is 18.4. The Morgan fingerprint density at radius 1 is 1.23 bits per heavy atom. The summed E-state index contributed by atoms with van der Waals surface area (Å²) in [7, 11) is 2.16. The van der Waals surface area contributed by atoms with Crippen LogP contribution in [0.25, 0.3) is 10.9 Å². The van der Waals surface area contributed by atoms with Crippen molar-refractivity contribution < 1.29 is 0 Å². The van der Waals surface area contributed by atoms with E-state index in [9.17, 15) is 0 Å². The van der Waals surface area contributed by atoms with Crippen LogP contribution in [-0.4, -0.2) is 52.3 Å². The molecule has 2 N–H and O–H groups in total. The predicted octanol–water partition coefficient (Wildman–Crippen LogP) is 4.20. The van der Waals surface area contributed by atoms with E-state index < -0.39 is 0 Å². The number of imidazole rings is 1. The lowest BCUT2D eigenvalue weighted by molar-refractivity contribution is 0.370. The lowest BCUT2D eigenvalue weighted by atomic mass is 10.2. The molecule has 0 unspecified atom stereocenters. The van der Waals surface area contributed by atoms with Gasteiger partial charge in [-0.3, -0.25) is 4.98 Å². The van der Waals surface area contributed by atoms with Gasteiger partial charge < -0.3 is 15.2 Å². The molecule has 3 rings (SSSR count). The highest BCUT2D eigenvalue weighted by molar-refractivity contribution is 7.98. The SMILES string of the molecule is Cc1[nH]cnc1CSCCN(C)CCNc1ccnc2cc(Cl)ccc12. The van der Waals surface area contributed by atoms with Gasteiger partial charge in [-0.25, -0.2) is 4.98 Å². The maximum absolute atomic E-state index is 6.04. The smallest absolute Gasteiger partial charge is 0.0925 e. The Morgan fingerprint density at radius 2 is 2.12 bits per heavy atom. The number of fused-ring (bicyclic) bond motifs is 1. The van der Waals surface area contributed by atoms with E-state index in [4.69, 9.17) is 11.6 Å². The second kappa shape index (κ2) is 9.26. The highest BCUT2D eigenvalue weighted by Crippen LogP contribution is 2.24. The summed E-state index contributed by atoms with van der Waals surface area (Å²) < 4.78 is 0. The largest absolute Gasteiger partial charge is 0.383 e. The number of pyridine rings is 1. The molecule has 0 amide bonds. The number of nitrogens with one attached hydrogen (secondary N) is 2. The van der Waals surface area contributed by atoms with Crippen molar-refractivity contribution in [2.24, 2.45) is 0 Å². The number of hydrogen-bond acceptors (Lipinski definition) is 5. The number of H-pyrrole nitrogens is 1. The minimum atomic E-state index is 0.712. The van der Waals surface area contributed by atoms with Crippen molar-refractivity contribution in [2.75, 3.05) is 37.8 Å². The van der Waals surface area contributed by atoms with Crippen LogP contribution >= 0.6 is 23.4 Å². The first-order valence-corrected chi connectivity index (χ1v) is 10.2. The average molecular weight is 390 g/mol. The van der Waals surface area contributed by atoms with E-state index in [1.807, 2.05) is 42.2 Å². The molecule has 1 aromatic carbocycles. The number of benzene rings is 1. The monoisotopic (exact) mass is 389 g/mol. The Balaban J connectivity index is 1.40. The molecular weight excluding hydrogens is 366 g/mol. The molecule has 5 nitrogen and oxygen atoms in total. The number of aromatic amines is 1. The van der Waals surface area contributed by atoms with Crippen LogP contribution in [0.4, 0.5) is 5.69 Å². The van der Waals surface area contributed by atoms with Gasteiger partial charge in [-0.1, -0.05) is 11.6 Å². The zero-order valence-corrected chi connectivity index (χ0v) is 16.7. The van der Waals surface area contributed by atoms with E-state index in [-0.39, 0.29) is 0 Å². The first-order chi connectivity index (χ1) is 12.6. The third kappa shape index (κ3) is 5.13. The fraction of sp³-hybridized carbons (Fsp3) is 0.368. The van der Waals surface area contributed by atoms with Gasteiger partial charge in [0, 0.05) is 59.1 Å². The van der Waals surface area contributed by atoms with Crippen molar-refractivity contribution in [3.05, 3.63) is 53.2 Å². The number of nitrogens with zero attached hydrogens (tertiary/aromatic N) is 3.